The summed E-state index contributed by atoms with van der Waals surface area (Å²) < 4.78 is 18.4. The van der Waals surface area contributed by atoms with E-state index in [9.17, 15) is 4.39 Å². The van der Waals surface area contributed by atoms with Gasteiger partial charge in [0.2, 0.25) is 0 Å². The summed E-state index contributed by atoms with van der Waals surface area (Å²) in [6.45, 7) is 3.58. The Kier molecular flexibility index (Phi) is 3.01. The molecule has 3 nitrogen and oxygen atoms in total. The minimum Gasteiger partial charge on any atom is -0.397 e. The molecule has 1 aliphatic heterocycles. The van der Waals surface area contributed by atoms with Gasteiger partial charge >= 0.3 is 0 Å². The predicted molar refractivity (Wildman–Crippen MR) is 62.9 cm³/mol. The molecule has 1 aromatic carbocycles. The Balaban J connectivity index is 2.15. The third-order valence-electron chi connectivity index (χ3n) is 3.05. The smallest absolute Gasteiger partial charge is 0.125 e. The van der Waals surface area contributed by atoms with Crippen LogP contribution in [-0.4, -0.2) is 18.8 Å². The molecule has 2 rings (SSSR count). The van der Waals surface area contributed by atoms with Gasteiger partial charge < -0.3 is 15.8 Å². The van der Waals surface area contributed by atoms with Crippen LogP contribution >= 0.6 is 0 Å². The fourth-order valence-corrected chi connectivity index (χ4v) is 1.91. The molecule has 0 unspecified atom stereocenters. The zero-order valence-electron chi connectivity index (χ0n) is 9.42. The minimum absolute atomic E-state index is 0.0554. The first-order chi connectivity index (χ1) is 7.59. The molecule has 0 aromatic heterocycles. The first kappa shape index (κ1) is 11.2. The van der Waals surface area contributed by atoms with Gasteiger partial charge in [-0.15, -0.1) is 0 Å². The summed E-state index contributed by atoms with van der Waals surface area (Å²) in [5, 5.41) is 3.32. The Morgan fingerprint density at radius 2 is 2.06 bits per heavy atom. The van der Waals surface area contributed by atoms with Crippen LogP contribution in [0.1, 0.15) is 19.8 Å². The SMILES string of the molecule is CC1(Nc2cc(F)ccc2N)CCOCC1. The number of nitrogen functional groups attached to an aromatic ring is 1. The summed E-state index contributed by atoms with van der Waals surface area (Å²) in [7, 11) is 0. The highest BCUT2D eigenvalue weighted by Crippen LogP contribution is 2.28. The van der Waals surface area contributed by atoms with Crippen LogP contribution in [0.5, 0.6) is 0 Å². The lowest BCUT2D eigenvalue weighted by Crippen LogP contribution is -2.40. The van der Waals surface area contributed by atoms with Crippen molar-refractivity contribution in [1.29, 1.82) is 0 Å². The summed E-state index contributed by atoms with van der Waals surface area (Å²) in [6, 6.07) is 4.39. The van der Waals surface area contributed by atoms with Crippen molar-refractivity contribution in [2.45, 2.75) is 25.3 Å². The normalized spacial score (nSPS) is 19.4. The maximum absolute atomic E-state index is 13.1. The molecule has 3 N–H and O–H groups in total. The molecular formula is C12H17FN2O. The Morgan fingerprint density at radius 3 is 2.75 bits per heavy atom. The van der Waals surface area contributed by atoms with E-state index in [4.69, 9.17) is 10.5 Å². The highest BCUT2D eigenvalue weighted by molar-refractivity contribution is 5.66. The van der Waals surface area contributed by atoms with Crippen LogP contribution in [0.4, 0.5) is 15.8 Å². The molecule has 0 bridgehead atoms. The fourth-order valence-electron chi connectivity index (χ4n) is 1.91. The Hall–Kier alpha value is -1.29. The highest BCUT2D eigenvalue weighted by Gasteiger charge is 2.27. The summed E-state index contributed by atoms with van der Waals surface area (Å²) in [6.07, 6.45) is 1.81. The van der Waals surface area contributed by atoms with Gasteiger partial charge in [0, 0.05) is 18.8 Å². The van der Waals surface area contributed by atoms with Crippen LogP contribution in [-0.2, 0) is 4.74 Å². The van der Waals surface area contributed by atoms with Crippen molar-refractivity contribution in [3.8, 4) is 0 Å². The predicted octanol–water partition coefficient (Wildman–Crippen LogP) is 2.39. The van der Waals surface area contributed by atoms with Gasteiger partial charge in [-0.2, -0.15) is 0 Å². The summed E-state index contributed by atoms with van der Waals surface area (Å²) in [5.74, 6) is -0.271. The molecule has 0 radical (unpaired) electrons. The first-order valence-electron chi connectivity index (χ1n) is 5.50. The number of halogens is 1. The van der Waals surface area contributed by atoms with Gasteiger partial charge in [-0.3, -0.25) is 0 Å². The fraction of sp³-hybridized carbons (Fsp3) is 0.500. The highest BCUT2D eigenvalue weighted by atomic mass is 19.1. The Labute approximate surface area is 94.8 Å². The lowest BCUT2D eigenvalue weighted by atomic mass is 9.92. The zero-order valence-corrected chi connectivity index (χ0v) is 9.42. The van der Waals surface area contributed by atoms with Crippen molar-refractivity contribution in [1.82, 2.24) is 0 Å². The molecule has 16 heavy (non-hydrogen) atoms. The van der Waals surface area contributed by atoms with Crippen molar-refractivity contribution >= 4 is 11.4 Å². The first-order valence-corrected chi connectivity index (χ1v) is 5.50. The maximum atomic E-state index is 13.1. The second-order valence-electron chi connectivity index (χ2n) is 4.53. The number of nitrogens with one attached hydrogen (secondary N) is 1. The molecule has 0 aliphatic carbocycles. The number of hydrogen-bond acceptors (Lipinski definition) is 3. The van der Waals surface area contributed by atoms with E-state index in [1.165, 1.54) is 12.1 Å². The number of hydrogen-bond donors (Lipinski definition) is 2. The minimum atomic E-state index is -0.271. The summed E-state index contributed by atoms with van der Waals surface area (Å²) in [5.41, 5.74) is 7.00. The van der Waals surface area contributed by atoms with Crippen molar-refractivity contribution < 1.29 is 9.13 Å². The molecular weight excluding hydrogens is 207 g/mol. The largest absolute Gasteiger partial charge is 0.397 e. The average Bonchev–Trinajstić information content (AvgIpc) is 2.24. The molecule has 4 heteroatoms. The molecule has 1 saturated heterocycles. The van der Waals surface area contributed by atoms with Crippen molar-refractivity contribution in [2.75, 3.05) is 24.3 Å². The Bertz CT molecular complexity index is 375. The molecule has 0 spiro atoms. The van der Waals surface area contributed by atoms with Gasteiger partial charge in [0.05, 0.1) is 11.4 Å². The van der Waals surface area contributed by atoms with Gasteiger partial charge in [0.15, 0.2) is 0 Å². The molecule has 1 aliphatic rings. The van der Waals surface area contributed by atoms with Crippen molar-refractivity contribution in [2.24, 2.45) is 0 Å². The van der Waals surface area contributed by atoms with Gasteiger partial charge in [-0.05, 0) is 38.0 Å². The van der Waals surface area contributed by atoms with Gasteiger partial charge in [-0.1, -0.05) is 0 Å². The van der Waals surface area contributed by atoms with E-state index in [2.05, 4.69) is 12.2 Å². The molecule has 1 heterocycles. The van der Waals surface area contributed by atoms with E-state index in [1.54, 1.807) is 6.07 Å². The van der Waals surface area contributed by atoms with E-state index >= 15 is 0 Å². The van der Waals surface area contributed by atoms with Crippen molar-refractivity contribution in [3.63, 3.8) is 0 Å². The van der Waals surface area contributed by atoms with Gasteiger partial charge in [0.25, 0.3) is 0 Å². The van der Waals surface area contributed by atoms with E-state index in [0.717, 1.165) is 26.1 Å². The lowest BCUT2D eigenvalue weighted by molar-refractivity contribution is 0.0658. The average molecular weight is 224 g/mol. The summed E-state index contributed by atoms with van der Waals surface area (Å²) >= 11 is 0. The van der Waals surface area contributed by atoms with Crippen LogP contribution in [0.2, 0.25) is 0 Å². The monoisotopic (exact) mass is 224 g/mol. The topological polar surface area (TPSA) is 47.3 Å². The van der Waals surface area contributed by atoms with Crippen LogP contribution in [0, 0.1) is 5.82 Å². The number of rotatable bonds is 2. The van der Waals surface area contributed by atoms with E-state index in [1.807, 2.05) is 0 Å². The van der Waals surface area contributed by atoms with Gasteiger partial charge in [0.1, 0.15) is 5.82 Å². The third-order valence-corrected chi connectivity index (χ3v) is 3.05. The lowest BCUT2D eigenvalue weighted by Gasteiger charge is -2.35. The number of benzene rings is 1. The van der Waals surface area contributed by atoms with Gasteiger partial charge in [-0.25, -0.2) is 4.39 Å². The molecule has 0 atom stereocenters. The second kappa shape index (κ2) is 4.29. The third kappa shape index (κ3) is 2.44. The summed E-state index contributed by atoms with van der Waals surface area (Å²) in [4.78, 5) is 0. The van der Waals surface area contributed by atoms with Crippen LogP contribution in [0.15, 0.2) is 18.2 Å². The van der Waals surface area contributed by atoms with E-state index < -0.39 is 0 Å². The molecule has 1 aromatic rings. The number of nitrogens with two attached hydrogens (primary N) is 1. The number of ether oxygens (including phenoxy) is 1. The maximum Gasteiger partial charge on any atom is 0.125 e. The van der Waals surface area contributed by atoms with Crippen LogP contribution < -0.4 is 11.1 Å². The molecule has 0 saturated carbocycles. The zero-order chi connectivity index (χ0) is 11.6. The van der Waals surface area contributed by atoms with Crippen LogP contribution in [0.3, 0.4) is 0 Å². The molecule has 0 amide bonds. The van der Waals surface area contributed by atoms with E-state index in [-0.39, 0.29) is 11.4 Å². The van der Waals surface area contributed by atoms with Crippen molar-refractivity contribution in [3.05, 3.63) is 24.0 Å². The molecule has 88 valence electrons. The standard InChI is InChI=1S/C12H17FN2O/c1-12(4-6-16-7-5-12)15-11-8-9(13)2-3-10(11)14/h2-3,8,15H,4-7,14H2,1H3. The quantitative estimate of drug-likeness (QED) is 0.758. The Morgan fingerprint density at radius 1 is 1.38 bits per heavy atom. The van der Waals surface area contributed by atoms with Crippen LogP contribution in [0.25, 0.3) is 0 Å². The number of anilines is 2. The van der Waals surface area contributed by atoms with E-state index in [0.29, 0.717) is 11.4 Å². The molecule has 1 fully saturated rings. The second-order valence-corrected chi connectivity index (χ2v) is 4.53.